The molecule has 1 saturated heterocycles. The smallest absolute Gasteiger partial charge is 0.227 e. The molecule has 2 heterocycles. The molecule has 3 N–H and O–H groups in total. The van der Waals surface area contributed by atoms with Crippen LogP contribution < -0.4 is 11.1 Å². The molecule has 18 heavy (non-hydrogen) atoms. The summed E-state index contributed by atoms with van der Waals surface area (Å²) in [5.74, 6) is 0.0129. The number of nitrogens with zero attached hydrogens (tertiary/aromatic N) is 2. The molecule has 1 aromatic heterocycles. The molecule has 0 radical (unpaired) electrons. The van der Waals surface area contributed by atoms with Gasteiger partial charge in [-0.15, -0.1) is 0 Å². The van der Waals surface area contributed by atoms with Crippen molar-refractivity contribution in [3.8, 4) is 0 Å². The van der Waals surface area contributed by atoms with Gasteiger partial charge < -0.3 is 15.8 Å². The van der Waals surface area contributed by atoms with Gasteiger partial charge in [0.05, 0.1) is 17.7 Å². The van der Waals surface area contributed by atoms with E-state index in [4.69, 9.17) is 10.5 Å². The number of carbonyl (C=O) groups is 1. The van der Waals surface area contributed by atoms with Crippen molar-refractivity contribution in [3.63, 3.8) is 0 Å². The van der Waals surface area contributed by atoms with Gasteiger partial charge in [0.1, 0.15) is 0 Å². The van der Waals surface area contributed by atoms with Crippen molar-refractivity contribution < 1.29 is 9.53 Å². The van der Waals surface area contributed by atoms with E-state index in [1.807, 2.05) is 19.3 Å². The SMILES string of the molecule is Cn1ccc(CNC(=O)C2(CN)CCOCC2)n1. The van der Waals surface area contributed by atoms with Crippen molar-refractivity contribution in [2.45, 2.75) is 19.4 Å². The van der Waals surface area contributed by atoms with E-state index in [1.54, 1.807) is 4.68 Å². The highest BCUT2D eigenvalue weighted by Gasteiger charge is 2.38. The van der Waals surface area contributed by atoms with E-state index in [1.165, 1.54) is 0 Å². The van der Waals surface area contributed by atoms with E-state index in [-0.39, 0.29) is 5.91 Å². The Hall–Kier alpha value is -1.40. The number of rotatable bonds is 4. The monoisotopic (exact) mass is 252 g/mol. The summed E-state index contributed by atoms with van der Waals surface area (Å²) in [7, 11) is 1.85. The lowest BCUT2D eigenvalue weighted by Gasteiger charge is -2.34. The Kier molecular flexibility index (Phi) is 3.98. The topological polar surface area (TPSA) is 82.2 Å². The largest absolute Gasteiger partial charge is 0.381 e. The summed E-state index contributed by atoms with van der Waals surface area (Å²) < 4.78 is 7.01. The van der Waals surface area contributed by atoms with Gasteiger partial charge in [-0.05, 0) is 18.9 Å². The summed E-state index contributed by atoms with van der Waals surface area (Å²) in [5.41, 5.74) is 6.16. The van der Waals surface area contributed by atoms with Gasteiger partial charge in [-0.25, -0.2) is 0 Å². The molecule has 1 fully saturated rings. The average molecular weight is 252 g/mol. The van der Waals surface area contributed by atoms with Crippen LogP contribution in [0.5, 0.6) is 0 Å². The van der Waals surface area contributed by atoms with E-state index in [0.29, 0.717) is 39.1 Å². The van der Waals surface area contributed by atoms with Crippen LogP contribution in [-0.2, 0) is 23.1 Å². The van der Waals surface area contributed by atoms with E-state index in [9.17, 15) is 4.79 Å². The zero-order valence-corrected chi connectivity index (χ0v) is 10.7. The van der Waals surface area contributed by atoms with Crippen molar-refractivity contribution in [1.82, 2.24) is 15.1 Å². The molecule has 0 aliphatic carbocycles. The fourth-order valence-electron chi connectivity index (χ4n) is 2.20. The van der Waals surface area contributed by atoms with Crippen LogP contribution in [0.1, 0.15) is 18.5 Å². The molecule has 1 aliphatic rings. The van der Waals surface area contributed by atoms with Gasteiger partial charge in [0, 0.05) is 33.0 Å². The molecular weight excluding hydrogens is 232 g/mol. The lowest BCUT2D eigenvalue weighted by molar-refractivity contribution is -0.136. The predicted octanol–water partition coefficient (Wildman–Crippen LogP) is -0.208. The lowest BCUT2D eigenvalue weighted by Crippen LogP contribution is -2.49. The number of aromatic nitrogens is 2. The van der Waals surface area contributed by atoms with Crippen LogP contribution in [0.2, 0.25) is 0 Å². The molecule has 2 rings (SSSR count). The maximum absolute atomic E-state index is 12.2. The standard InChI is InChI=1S/C12H20N4O2/c1-16-5-2-10(15-16)8-14-11(17)12(9-13)3-6-18-7-4-12/h2,5H,3-4,6-9,13H2,1H3,(H,14,17). The Labute approximate surface area is 106 Å². The fraction of sp³-hybridized carbons (Fsp3) is 0.667. The maximum atomic E-state index is 12.2. The van der Waals surface area contributed by atoms with Crippen molar-refractivity contribution in [2.75, 3.05) is 19.8 Å². The van der Waals surface area contributed by atoms with Crippen LogP contribution in [-0.4, -0.2) is 35.4 Å². The number of aryl methyl sites for hydroxylation is 1. The van der Waals surface area contributed by atoms with Crippen LogP contribution in [0.25, 0.3) is 0 Å². The van der Waals surface area contributed by atoms with Gasteiger partial charge >= 0.3 is 0 Å². The number of hydrogen-bond donors (Lipinski definition) is 2. The minimum Gasteiger partial charge on any atom is -0.381 e. The van der Waals surface area contributed by atoms with Crippen LogP contribution in [0.3, 0.4) is 0 Å². The Bertz CT molecular complexity index is 410. The predicted molar refractivity (Wildman–Crippen MR) is 66.6 cm³/mol. The molecule has 0 spiro atoms. The van der Waals surface area contributed by atoms with E-state index < -0.39 is 5.41 Å². The highest BCUT2D eigenvalue weighted by molar-refractivity contribution is 5.82. The van der Waals surface area contributed by atoms with Gasteiger partial charge in [0.15, 0.2) is 0 Å². The van der Waals surface area contributed by atoms with Crippen LogP contribution >= 0.6 is 0 Å². The molecule has 100 valence electrons. The number of nitrogens with one attached hydrogen (secondary N) is 1. The van der Waals surface area contributed by atoms with Crippen molar-refractivity contribution in [2.24, 2.45) is 18.2 Å². The highest BCUT2D eigenvalue weighted by atomic mass is 16.5. The first-order chi connectivity index (χ1) is 8.66. The second-order valence-corrected chi connectivity index (χ2v) is 4.76. The van der Waals surface area contributed by atoms with Gasteiger partial charge in [-0.3, -0.25) is 9.48 Å². The normalized spacial score (nSPS) is 18.6. The first kappa shape index (κ1) is 13.0. The second kappa shape index (κ2) is 5.49. The minimum absolute atomic E-state index is 0.0129. The molecule has 6 heteroatoms. The molecule has 0 saturated carbocycles. The summed E-state index contributed by atoms with van der Waals surface area (Å²) in [6, 6.07) is 1.89. The minimum atomic E-state index is -0.465. The molecule has 1 aliphatic heterocycles. The summed E-state index contributed by atoms with van der Waals surface area (Å²) >= 11 is 0. The zero-order valence-electron chi connectivity index (χ0n) is 10.7. The summed E-state index contributed by atoms with van der Waals surface area (Å²) in [5, 5.41) is 7.15. The van der Waals surface area contributed by atoms with Gasteiger partial charge in [0.25, 0.3) is 0 Å². The molecule has 0 unspecified atom stereocenters. The third kappa shape index (κ3) is 2.70. The van der Waals surface area contributed by atoms with Gasteiger partial charge in [0.2, 0.25) is 5.91 Å². The number of nitrogens with two attached hydrogens (primary N) is 1. The Balaban J connectivity index is 1.93. The summed E-state index contributed by atoms with van der Waals surface area (Å²) in [4.78, 5) is 12.2. The van der Waals surface area contributed by atoms with Gasteiger partial charge in [-0.1, -0.05) is 0 Å². The van der Waals surface area contributed by atoms with Crippen LogP contribution in [0.4, 0.5) is 0 Å². The number of ether oxygens (including phenoxy) is 1. The van der Waals surface area contributed by atoms with Crippen LogP contribution in [0.15, 0.2) is 12.3 Å². The highest BCUT2D eigenvalue weighted by Crippen LogP contribution is 2.29. The first-order valence-electron chi connectivity index (χ1n) is 6.21. The molecule has 0 bridgehead atoms. The Morgan fingerprint density at radius 1 is 1.61 bits per heavy atom. The second-order valence-electron chi connectivity index (χ2n) is 4.76. The van der Waals surface area contributed by atoms with Crippen molar-refractivity contribution in [1.29, 1.82) is 0 Å². The quantitative estimate of drug-likeness (QED) is 0.777. The maximum Gasteiger partial charge on any atom is 0.227 e. The fourth-order valence-corrected chi connectivity index (χ4v) is 2.20. The third-order valence-electron chi connectivity index (χ3n) is 3.52. The van der Waals surface area contributed by atoms with Crippen molar-refractivity contribution >= 4 is 5.91 Å². The molecule has 0 aromatic carbocycles. The average Bonchev–Trinajstić information content (AvgIpc) is 2.82. The molecular formula is C12H20N4O2. The molecule has 0 atom stereocenters. The molecule has 1 amide bonds. The first-order valence-corrected chi connectivity index (χ1v) is 6.21. The summed E-state index contributed by atoms with van der Waals surface area (Å²) in [6.45, 7) is 2.02. The van der Waals surface area contributed by atoms with E-state index in [2.05, 4.69) is 10.4 Å². The van der Waals surface area contributed by atoms with Crippen LogP contribution in [0, 0.1) is 5.41 Å². The lowest BCUT2D eigenvalue weighted by atomic mass is 9.79. The number of amides is 1. The number of carbonyl (C=O) groups excluding carboxylic acids is 1. The Morgan fingerprint density at radius 2 is 2.33 bits per heavy atom. The van der Waals surface area contributed by atoms with E-state index >= 15 is 0 Å². The Morgan fingerprint density at radius 3 is 2.89 bits per heavy atom. The van der Waals surface area contributed by atoms with Gasteiger partial charge in [-0.2, -0.15) is 5.10 Å². The van der Waals surface area contributed by atoms with E-state index in [0.717, 1.165) is 5.69 Å². The molecule has 6 nitrogen and oxygen atoms in total. The molecule has 1 aromatic rings. The van der Waals surface area contributed by atoms with Crippen molar-refractivity contribution in [3.05, 3.63) is 18.0 Å². The zero-order chi connectivity index (χ0) is 13.0. The third-order valence-corrected chi connectivity index (χ3v) is 3.52. The number of hydrogen-bond acceptors (Lipinski definition) is 4. The summed E-state index contributed by atoms with van der Waals surface area (Å²) in [6.07, 6.45) is 3.24.